The molecule has 1 saturated heterocycles. The van der Waals surface area contributed by atoms with Crippen LogP contribution in [0, 0.1) is 11.8 Å². The molecule has 1 heterocycles. The summed E-state index contributed by atoms with van der Waals surface area (Å²) < 4.78 is 11.3. The molecular formula is C14H15NO3S. The lowest BCUT2D eigenvalue weighted by Crippen LogP contribution is -2.41. The van der Waals surface area contributed by atoms with Crippen LogP contribution < -0.4 is 0 Å². The van der Waals surface area contributed by atoms with Gasteiger partial charge in [0.25, 0.3) is 5.91 Å². The zero-order valence-corrected chi connectivity index (χ0v) is 11.3. The van der Waals surface area contributed by atoms with Gasteiger partial charge in [0.15, 0.2) is 0 Å². The second-order valence-electron chi connectivity index (χ2n) is 4.18. The number of benzene rings is 1. The van der Waals surface area contributed by atoms with Gasteiger partial charge in [-0.2, -0.15) is 0 Å². The van der Waals surface area contributed by atoms with Crippen LogP contribution in [0.5, 0.6) is 0 Å². The molecule has 19 heavy (non-hydrogen) atoms. The first kappa shape index (κ1) is 13.8. The molecule has 0 radical (unpaired) electrons. The lowest BCUT2D eigenvalue weighted by molar-refractivity contribution is 0.0771. The molecule has 0 atom stereocenters. The van der Waals surface area contributed by atoms with Crippen molar-refractivity contribution in [3.8, 4) is 11.8 Å². The fourth-order valence-electron chi connectivity index (χ4n) is 1.90. The molecule has 2 rings (SSSR count). The van der Waals surface area contributed by atoms with E-state index in [1.807, 2.05) is 0 Å². The van der Waals surface area contributed by atoms with E-state index < -0.39 is 10.8 Å². The Morgan fingerprint density at radius 2 is 2.11 bits per heavy atom. The molecule has 0 spiro atoms. The Labute approximate surface area is 114 Å². The highest BCUT2D eigenvalue weighted by molar-refractivity contribution is 7.85. The minimum atomic E-state index is -0.787. The van der Waals surface area contributed by atoms with E-state index >= 15 is 0 Å². The number of hydrogen-bond acceptors (Lipinski definition) is 3. The Bertz CT molecular complexity index is 549. The van der Waals surface area contributed by atoms with E-state index in [0.717, 1.165) is 0 Å². The summed E-state index contributed by atoms with van der Waals surface area (Å²) in [6.45, 7) is 0.881. The summed E-state index contributed by atoms with van der Waals surface area (Å²) in [5, 5.41) is 8.66. The molecule has 0 aliphatic carbocycles. The van der Waals surface area contributed by atoms with Crippen LogP contribution in [-0.4, -0.2) is 51.3 Å². The third-order valence-corrected chi connectivity index (χ3v) is 4.16. The lowest BCUT2D eigenvalue weighted by atomic mass is 10.1. The van der Waals surface area contributed by atoms with Gasteiger partial charge in [-0.15, -0.1) is 0 Å². The van der Waals surface area contributed by atoms with Gasteiger partial charge in [-0.25, -0.2) is 0 Å². The second-order valence-corrected chi connectivity index (χ2v) is 5.88. The van der Waals surface area contributed by atoms with Gasteiger partial charge in [0.05, 0.1) is 0 Å². The monoisotopic (exact) mass is 277 g/mol. The zero-order valence-electron chi connectivity index (χ0n) is 10.5. The van der Waals surface area contributed by atoms with E-state index in [-0.39, 0.29) is 12.5 Å². The Hall–Kier alpha value is -1.64. The summed E-state index contributed by atoms with van der Waals surface area (Å²) in [6, 6.07) is 7.04. The molecule has 1 fully saturated rings. The molecule has 1 N–H and O–H groups in total. The van der Waals surface area contributed by atoms with Gasteiger partial charge in [-0.1, -0.05) is 17.9 Å². The van der Waals surface area contributed by atoms with E-state index in [1.54, 1.807) is 29.2 Å². The molecule has 0 aromatic heterocycles. The predicted molar refractivity (Wildman–Crippen MR) is 74.2 cm³/mol. The Morgan fingerprint density at radius 3 is 2.79 bits per heavy atom. The summed E-state index contributed by atoms with van der Waals surface area (Å²) in [4.78, 5) is 14.0. The highest BCUT2D eigenvalue weighted by atomic mass is 32.2. The standard InChI is InChI=1S/C14H15NO3S/c16-8-2-4-12-3-1-5-13(11-12)14(17)15-6-9-19(18)10-7-15/h1,3,5,11,16H,6-10H2. The topological polar surface area (TPSA) is 57.6 Å². The third kappa shape index (κ3) is 3.66. The summed E-state index contributed by atoms with van der Waals surface area (Å²) in [6.07, 6.45) is 0. The zero-order chi connectivity index (χ0) is 13.7. The van der Waals surface area contributed by atoms with Crippen LogP contribution in [0.3, 0.4) is 0 Å². The van der Waals surface area contributed by atoms with E-state index in [9.17, 15) is 9.00 Å². The molecule has 4 nitrogen and oxygen atoms in total. The smallest absolute Gasteiger partial charge is 0.253 e. The average Bonchev–Trinajstić information content (AvgIpc) is 2.45. The summed E-state index contributed by atoms with van der Waals surface area (Å²) in [7, 11) is -0.787. The van der Waals surface area contributed by atoms with Crippen LogP contribution in [0.1, 0.15) is 15.9 Å². The molecule has 100 valence electrons. The summed E-state index contributed by atoms with van der Waals surface area (Å²) in [5.74, 6) is 6.39. The molecule has 1 aromatic carbocycles. The molecule has 1 aliphatic rings. The predicted octanol–water partition coefficient (Wildman–Crippen LogP) is 0.235. The number of aliphatic hydroxyl groups excluding tert-OH is 1. The van der Waals surface area contributed by atoms with Crippen LogP contribution in [0.25, 0.3) is 0 Å². The summed E-state index contributed by atoms with van der Waals surface area (Å²) >= 11 is 0. The van der Waals surface area contributed by atoms with Crippen molar-refractivity contribution in [2.45, 2.75) is 0 Å². The van der Waals surface area contributed by atoms with Gasteiger partial charge >= 0.3 is 0 Å². The maximum Gasteiger partial charge on any atom is 0.253 e. The van der Waals surface area contributed by atoms with E-state index in [4.69, 9.17) is 5.11 Å². The quantitative estimate of drug-likeness (QED) is 0.748. The maximum atomic E-state index is 12.3. The fraction of sp³-hybridized carbons (Fsp3) is 0.357. The largest absolute Gasteiger partial charge is 0.384 e. The Kier molecular flexibility index (Phi) is 4.72. The van der Waals surface area contributed by atoms with E-state index in [0.29, 0.717) is 35.7 Å². The first-order chi connectivity index (χ1) is 9.20. The van der Waals surface area contributed by atoms with Crippen LogP contribution in [0.2, 0.25) is 0 Å². The van der Waals surface area contributed by atoms with Gasteiger partial charge in [0.1, 0.15) is 6.61 Å². The number of carbonyl (C=O) groups excluding carboxylic acids is 1. The van der Waals surface area contributed by atoms with Crippen molar-refractivity contribution in [3.05, 3.63) is 35.4 Å². The van der Waals surface area contributed by atoms with Gasteiger partial charge < -0.3 is 10.0 Å². The van der Waals surface area contributed by atoms with Crippen molar-refractivity contribution in [1.29, 1.82) is 0 Å². The summed E-state index contributed by atoms with van der Waals surface area (Å²) in [5.41, 5.74) is 1.29. The normalized spacial score (nSPS) is 15.7. The second kappa shape index (κ2) is 6.50. The molecule has 0 saturated carbocycles. The average molecular weight is 277 g/mol. The van der Waals surface area contributed by atoms with Crippen molar-refractivity contribution < 1.29 is 14.1 Å². The third-order valence-electron chi connectivity index (χ3n) is 2.89. The van der Waals surface area contributed by atoms with Crippen molar-refractivity contribution in [2.75, 3.05) is 31.2 Å². The van der Waals surface area contributed by atoms with Crippen molar-refractivity contribution in [3.63, 3.8) is 0 Å². The lowest BCUT2D eigenvalue weighted by Gasteiger charge is -2.26. The number of nitrogens with zero attached hydrogens (tertiary/aromatic N) is 1. The van der Waals surface area contributed by atoms with Gasteiger partial charge in [-0.3, -0.25) is 9.00 Å². The fourth-order valence-corrected chi connectivity index (χ4v) is 2.95. The van der Waals surface area contributed by atoms with E-state index in [1.165, 1.54) is 0 Å². The number of amides is 1. The van der Waals surface area contributed by atoms with Gasteiger partial charge in [-0.05, 0) is 18.2 Å². The number of carbonyl (C=O) groups is 1. The molecule has 5 heteroatoms. The van der Waals surface area contributed by atoms with Crippen molar-refractivity contribution in [1.82, 2.24) is 4.90 Å². The molecule has 1 amide bonds. The maximum absolute atomic E-state index is 12.3. The molecule has 0 bridgehead atoms. The van der Waals surface area contributed by atoms with Crippen LogP contribution in [0.4, 0.5) is 0 Å². The molecular weight excluding hydrogens is 262 g/mol. The molecule has 0 unspecified atom stereocenters. The highest BCUT2D eigenvalue weighted by Crippen LogP contribution is 2.10. The van der Waals surface area contributed by atoms with Crippen molar-refractivity contribution in [2.24, 2.45) is 0 Å². The van der Waals surface area contributed by atoms with Crippen molar-refractivity contribution >= 4 is 16.7 Å². The highest BCUT2D eigenvalue weighted by Gasteiger charge is 2.21. The van der Waals surface area contributed by atoms with Crippen LogP contribution in [0.15, 0.2) is 24.3 Å². The first-order valence-corrected chi connectivity index (χ1v) is 7.53. The SMILES string of the molecule is O=C(c1cccc(C#CCO)c1)N1CCS(=O)CC1. The first-order valence-electron chi connectivity index (χ1n) is 6.05. The Morgan fingerprint density at radius 1 is 1.37 bits per heavy atom. The Balaban J connectivity index is 2.12. The van der Waals surface area contributed by atoms with Crippen LogP contribution in [-0.2, 0) is 10.8 Å². The van der Waals surface area contributed by atoms with Gasteiger partial charge in [0.2, 0.25) is 0 Å². The van der Waals surface area contributed by atoms with E-state index in [2.05, 4.69) is 11.8 Å². The number of rotatable bonds is 1. The molecule has 1 aliphatic heterocycles. The van der Waals surface area contributed by atoms with Gasteiger partial charge in [0, 0.05) is 46.5 Å². The molecule has 1 aromatic rings. The van der Waals surface area contributed by atoms with Crippen LogP contribution >= 0.6 is 0 Å². The minimum absolute atomic E-state index is 0.0515. The number of hydrogen-bond donors (Lipinski definition) is 1. The minimum Gasteiger partial charge on any atom is -0.384 e. The number of aliphatic hydroxyl groups is 1.